The zero-order valence-corrected chi connectivity index (χ0v) is 16.7. The maximum Gasteiger partial charge on any atom is 0.258 e. The Labute approximate surface area is 173 Å². The molecule has 0 atom stereocenters. The Kier molecular flexibility index (Phi) is 3.60. The predicted molar refractivity (Wildman–Crippen MR) is 113 cm³/mol. The minimum Gasteiger partial charge on any atom is -0.497 e. The highest BCUT2D eigenvalue weighted by atomic mass is 16.5. The molecule has 6 rings (SSSR count). The van der Waals surface area contributed by atoms with E-state index in [1.807, 2.05) is 58.0 Å². The summed E-state index contributed by atoms with van der Waals surface area (Å²) in [5, 5.41) is 1.07. The lowest BCUT2D eigenvalue weighted by molar-refractivity contribution is 0.0753. The highest BCUT2D eigenvalue weighted by molar-refractivity contribution is 6.06. The smallest absolute Gasteiger partial charge is 0.258 e. The van der Waals surface area contributed by atoms with Crippen molar-refractivity contribution in [2.45, 2.75) is 12.8 Å². The molecule has 3 aromatic rings. The number of aromatic nitrogens is 1. The Hall–Kier alpha value is -3.54. The number of fused-ring (bicyclic) bond motifs is 3. The number of rotatable bonds is 2. The molecule has 0 saturated carbocycles. The molecule has 0 radical (unpaired) electrons. The van der Waals surface area contributed by atoms with Gasteiger partial charge in [0.1, 0.15) is 5.75 Å². The highest BCUT2D eigenvalue weighted by Gasteiger charge is 2.41. The van der Waals surface area contributed by atoms with Crippen molar-refractivity contribution in [2.75, 3.05) is 26.7 Å². The van der Waals surface area contributed by atoms with Gasteiger partial charge in [-0.05, 0) is 42.3 Å². The van der Waals surface area contributed by atoms with Crippen molar-refractivity contribution in [1.29, 1.82) is 0 Å². The Morgan fingerprint density at radius 3 is 2.67 bits per heavy atom. The number of ether oxygens (including phenoxy) is 1. The van der Waals surface area contributed by atoms with E-state index >= 15 is 0 Å². The minimum absolute atomic E-state index is 0.0137. The first-order valence-corrected chi connectivity index (χ1v) is 10.3. The minimum atomic E-state index is -0.0381. The van der Waals surface area contributed by atoms with Gasteiger partial charge in [0.25, 0.3) is 5.91 Å². The van der Waals surface area contributed by atoms with Gasteiger partial charge in [0.05, 0.1) is 36.1 Å². The maximum absolute atomic E-state index is 13.3. The van der Waals surface area contributed by atoms with Gasteiger partial charge in [0.15, 0.2) is 0 Å². The van der Waals surface area contributed by atoms with Gasteiger partial charge in [-0.1, -0.05) is 18.2 Å². The molecule has 3 aliphatic rings. The predicted octanol–water partition coefficient (Wildman–Crippen LogP) is 3.38. The molecule has 3 aliphatic heterocycles. The summed E-state index contributed by atoms with van der Waals surface area (Å²) >= 11 is 0. The summed E-state index contributed by atoms with van der Waals surface area (Å²) in [7, 11) is 1.66. The molecule has 6 nitrogen and oxygen atoms in total. The van der Waals surface area contributed by atoms with Crippen LogP contribution in [0.15, 0.2) is 54.2 Å². The van der Waals surface area contributed by atoms with Gasteiger partial charge in [-0.3, -0.25) is 14.2 Å². The average Bonchev–Trinajstić information content (AvgIpc) is 3.13. The van der Waals surface area contributed by atoms with Gasteiger partial charge in [0.2, 0.25) is 5.91 Å². The van der Waals surface area contributed by atoms with Gasteiger partial charge >= 0.3 is 0 Å². The molecule has 1 aromatic heterocycles. The number of nitrogens with zero attached hydrogens (tertiary/aromatic N) is 3. The fourth-order valence-corrected chi connectivity index (χ4v) is 5.12. The monoisotopic (exact) mass is 399 g/mol. The molecule has 0 N–H and O–H groups in total. The number of hydrogen-bond donors (Lipinski definition) is 0. The van der Waals surface area contributed by atoms with Crippen LogP contribution >= 0.6 is 0 Å². The quantitative estimate of drug-likeness (QED) is 0.663. The summed E-state index contributed by atoms with van der Waals surface area (Å²) in [6.45, 7) is 2.27. The number of hydrogen-bond acceptors (Lipinski definition) is 4. The summed E-state index contributed by atoms with van der Waals surface area (Å²) in [6.07, 6.45) is 1.11. The fourth-order valence-electron chi connectivity index (χ4n) is 5.12. The van der Waals surface area contributed by atoms with Crippen molar-refractivity contribution in [3.63, 3.8) is 0 Å². The highest BCUT2D eigenvalue weighted by Crippen LogP contribution is 2.44. The lowest BCUT2D eigenvalue weighted by Gasteiger charge is -2.44. The van der Waals surface area contributed by atoms with Crippen LogP contribution < -0.4 is 4.74 Å². The SMILES string of the molecule is COc1ccc2c(c1)c1c3n2C(=O)CC2=C3N(CC1)CCN2C(=O)c1ccccc1. The summed E-state index contributed by atoms with van der Waals surface area (Å²) in [6, 6.07) is 15.2. The second kappa shape index (κ2) is 6.23. The van der Waals surface area contributed by atoms with Crippen molar-refractivity contribution in [3.05, 3.63) is 71.0 Å². The van der Waals surface area contributed by atoms with Crippen LogP contribution in [0.1, 0.15) is 32.8 Å². The number of benzene rings is 2. The molecule has 30 heavy (non-hydrogen) atoms. The molecule has 1 amide bonds. The molecule has 6 heteroatoms. The second-order valence-electron chi connectivity index (χ2n) is 7.97. The van der Waals surface area contributed by atoms with E-state index in [2.05, 4.69) is 4.90 Å². The van der Waals surface area contributed by atoms with E-state index in [9.17, 15) is 9.59 Å². The van der Waals surface area contributed by atoms with Gasteiger partial charge in [-0.2, -0.15) is 0 Å². The molecular weight excluding hydrogens is 378 g/mol. The van der Waals surface area contributed by atoms with Crippen molar-refractivity contribution in [3.8, 4) is 5.75 Å². The Balaban J connectivity index is 1.58. The zero-order valence-electron chi connectivity index (χ0n) is 16.7. The van der Waals surface area contributed by atoms with Gasteiger partial charge in [-0.25, -0.2) is 0 Å². The fraction of sp³-hybridized carbons (Fsp3) is 0.250. The molecule has 4 heterocycles. The van der Waals surface area contributed by atoms with Crippen LogP contribution in [0, 0.1) is 0 Å². The maximum atomic E-state index is 13.3. The van der Waals surface area contributed by atoms with E-state index < -0.39 is 0 Å². The van der Waals surface area contributed by atoms with Gasteiger partial charge in [0, 0.05) is 30.6 Å². The largest absolute Gasteiger partial charge is 0.497 e. The normalized spacial score (nSPS) is 17.4. The van der Waals surface area contributed by atoms with E-state index in [1.54, 1.807) is 7.11 Å². The molecule has 0 unspecified atom stereocenters. The molecular formula is C24H21N3O3. The van der Waals surface area contributed by atoms with Gasteiger partial charge < -0.3 is 14.5 Å². The third-order valence-electron chi connectivity index (χ3n) is 6.48. The number of amides is 1. The number of carbonyl (C=O) groups is 2. The van der Waals surface area contributed by atoms with Crippen molar-refractivity contribution < 1.29 is 14.3 Å². The van der Waals surface area contributed by atoms with Crippen LogP contribution in [-0.4, -0.2) is 52.9 Å². The molecule has 0 aliphatic carbocycles. The lowest BCUT2D eigenvalue weighted by atomic mass is 9.94. The van der Waals surface area contributed by atoms with E-state index in [4.69, 9.17) is 4.74 Å². The Morgan fingerprint density at radius 2 is 1.87 bits per heavy atom. The molecule has 0 saturated heterocycles. The van der Waals surface area contributed by atoms with E-state index in [0.717, 1.165) is 53.3 Å². The summed E-state index contributed by atoms with van der Waals surface area (Å²) < 4.78 is 7.28. The third-order valence-corrected chi connectivity index (χ3v) is 6.48. The van der Waals surface area contributed by atoms with E-state index in [-0.39, 0.29) is 18.2 Å². The average molecular weight is 399 g/mol. The number of allylic oxidation sites excluding steroid dienone is 1. The van der Waals surface area contributed by atoms with E-state index in [0.29, 0.717) is 12.1 Å². The molecule has 0 spiro atoms. The van der Waals surface area contributed by atoms with Crippen LogP contribution in [0.5, 0.6) is 5.75 Å². The number of methoxy groups -OCH3 is 1. The van der Waals surface area contributed by atoms with Crippen LogP contribution in [0.3, 0.4) is 0 Å². The molecule has 2 aromatic carbocycles. The molecule has 0 bridgehead atoms. The summed E-state index contributed by atoms with van der Waals surface area (Å²) in [4.78, 5) is 30.7. The molecule has 150 valence electrons. The van der Waals surface area contributed by atoms with Crippen molar-refractivity contribution >= 4 is 28.4 Å². The first kappa shape index (κ1) is 17.3. The third kappa shape index (κ3) is 2.24. The summed E-state index contributed by atoms with van der Waals surface area (Å²) in [5.41, 5.74) is 5.59. The number of carbonyl (C=O) groups excluding carboxylic acids is 2. The van der Waals surface area contributed by atoms with Crippen molar-refractivity contribution in [2.24, 2.45) is 0 Å². The lowest BCUT2D eigenvalue weighted by Crippen LogP contribution is -2.48. The molecule has 0 fully saturated rings. The first-order chi connectivity index (χ1) is 14.7. The van der Waals surface area contributed by atoms with Crippen LogP contribution in [0.25, 0.3) is 16.6 Å². The van der Waals surface area contributed by atoms with Crippen molar-refractivity contribution in [1.82, 2.24) is 14.4 Å². The van der Waals surface area contributed by atoms with Crippen LogP contribution in [0.2, 0.25) is 0 Å². The zero-order chi connectivity index (χ0) is 20.4. The van der Waals surface area contributed by atoms with Crippen LogP contribution in [-0.2, 0) is 6.42 Å². The first-order valence-electron chi connectivity index (χ1n) is 10.3. The second-order valence-corrected chi connectivity index (χ2v) is 7.97. The van der Waals surface area contributed by atoms with Crippen LogP contribution in [0.4, 0.5) is 0 Å². The standard InChI is InChI=1S/C24H21N3O3/c1-30-16-7-8-19-18(13-16)17-9-10-25-11-12-26(24(29)15-5-3-2-4-6-15)20-14-21(28)27(19)22(17)23(20)25/h2-8,13H,9-12,14H2,1H3. The van der Waals surface area contributed by atoms with E-state index in [1.165, 1.54) is 5.56 Å². The topological polar surface area (TPSA) is 54.8 Å². The van der Waals surface area contributed by atoms with Gasteiger partial charge in [-0.15, -0.1) is 0 Å². The Bertz CT molecular complexity index is 1260. The summed E-state index contributed by atoms with van der Waals surface area (Å²) in [5.74, 6) is 0.763. The Morgan fingerprint density at radius 1 is 1.03 bits per heavy atom.